The van der Waals surface area contributed by atoms with Crippen molar-refractivity contribution in [1.82, 2.24) is 4.90 Å². The van der Waals surface area contributed by atoms with Gasteiger partial charge in [0, 0.05) is 17.5 Å². The van der Waals surface area contributed by atoms with Gasteiger partial charge in [-0.05, 0) is 54.8 Å². The Morgan fingerprint density at radius 1 is 1.00 bits per heavy atom. The van der Waals surface area contributed by atoms with Gasteiger partial charge in [0.1, 0.15) is 11.5 Å². The van der Waals surface area contributed by atoms with E-state index in [9.17, 15) is 4.79 Å². The van der Waals surface area contributed by atoms with Crippen LogP contribution >= 0.6 is 11.8 Å². The number of nitrogens with zero attached hydrogens (tertiary/aromatic N) is 1. The fourth-order valence-corrected chi connectivity index (χ4v) is 3.42. The quantitative estimate of drug-likeness (QED) is 0.670. The SMILES string of the molecule is COc1ccc(CN(C(=O)CSc2ccc(OC)cc2)C2CC2)cc1. The molecular weight excluding hydrogens is 334 g/mol. The van der Waals surface area contributed by atoms with Crippen LogP contribution in [0, 0.1) is 0 Å². The second-order valence-corrected chi connectivity index (χ2v) is 7.11. The van der Waals surface area contributed by atoms with Crippen molar-refractivity contribution in [2.75, 3.05) is 20.0 Å². The molecule has 0 N–H and O–H groups in total. The van der Waals surface area contributed by atoms with Crippen LogP contribution in [0.5, 0.6) is 11.5 Å². The number of amides is 1. The number of ether oxygens (including phenoxy) is 2. The third kappa shape index (κ3) is 4.92. The lowest BCUT2D eigenvalue weighted by Crippen LogP contribution is -2.33. The van der Waals surface area contributed by atoms with Gasteiger partial charge in [-0.1, -0.05) is 12.1 Å². The second-order valence-electron chi connectivity index (χ2n) is 6.07. The van der Waals surface area contributed by atoms with Crippen LogP contribution in [0.25, 0.3) is 0 Å². The summed E-state index contributed by atoms with van der Waals surface area (Å²) >= 11 is 1.57. The van der Waals surface area contributed by atoms with E-state index in [1.807, 2.05) is 53.4 Å². The van der Waals surface area contributed by atoms with Crippen LogP contribution in [0.3, 0.4) is 0 Å². The number of rotatable bonds is 8. The van der Waals surface area contributed by atoms with Crippen molar-refractivity contribution in [3.8, 4) is 11.5 Å². The van der Waals surface area contributed by atoms with Gasteiger partial charge in [0.2, 0.25) is 5.91 Å². The Balaban J connectivity index is 1.58. The number of benzene rings is 2. The van der Waals surface area contributed by atoms with Crippen LogP contribution in [0.1, 0.15) is 18.4 Å². The summed E-state index contributed by atoms with van der Waals surface area (Å²) in [7, 11) is 3.31. The number of thioether (sulfide) groups is 1. The van der Waals surface area contributed by atoms with Crippen LogP contribution in [-0.4, -0.2) is 36.8 Å². The molecule has 0 spiro atoms. The topological polar surface area (TPSA) is 38.8 Å². The standard InChI is InChI=1S/C20H23NO3S/c1-23-17-7-3-15(4-8-17)13-21(16-5-6-16)20(22)14-25-19-11-9-18(24-2)10-12-19/h3-4,7-12,16H,5-6,13-14H2,1-2H3. The van der Waals surface area contributed by atoms with Gasteiger partial charge in [-0.2, -0.15) is 0 Å². The van der Waals surface area contributed by atoms with Crippen molar-refractivity contribution in [2.24, 2.45) is 0 Å². The fourth-order valence-electron chi connectivity index (χ4n) is 2.63. The van der Waals surface area contributed by atoms with E-state index in [0.29, 0.717) is 18.3 Å². The van der Waals surface area contributed by atoms with Gasteiger partial charge in [-0.15, -0.1) is 11.8 Å². The van der Waals surface area contributed by atoms with Crippen molar-refractivity contribution >= 4 is 17.7 Å². The minimum atomic E-state index is 0.194. The Kier molecular flexibility index (Phi) is 5.87. The third-order valence-corrected chi connectivity index (χ3v) is 5.24. The highest BCUT2D eigenvalue weighted by Gasteiger charge is 2.32. The zero-order chi connectivity index (χ0) is 17.6. The first-order valence-corrected chi connectivity index (χ1v) is 9.37. The summed E-state index contributed by atoms with van der Waals surface area (Å²) in [6.45, 7) is 0.663. The van der Waals surface area contributed by atoms with Crippen LogP contribution in [0.15, 0.2) is 53.4 Å². The van der Waals surface area contributed by atoms with Gasteiger partial charge in [-0.3, -0.25) is 4.79 Å². The van der Waals surface area contributed by atoms with Gasteiger partial charge >= 0.3 is 0 Å². The molecular formula is C20H23NO3S. The fraction of sp³-hybridized carbons (Fsp3) is 0.350. The van der Waals surface area contributed by atoms with Crippen molar-refractivity contribution in [3.63, 3.8) is 0 Å². The number of carbonyl (C=O) groups excluding carboxylic acids is 1. The Morgan fingerprint density at radius 3 is 2.08 bits per heavy atom. The molecule has 3 rings (SSSR count). The molecule has 2 aromatic carbocycles. The molecule has 1 aliphatic rings. The molecule has 1 saturated carbocycles. The average Bonchev–Trinajstić information content (AvgIpc) is 3.50. The molecule has 0 heterocycles. The van der Waals surface area contributed by atoms with Crippen LogP contribution in [0.4, 0.5) is 0 Å². The van der Waals surface area contributed by atoms with E-state index in [0.717, 1.165) is 34.8 Å². The highest BCUT2D eigenvalue weighted by atomic mass is 32.2. The summed E-state index contributed by atoms with van der Waals surface area (Å²) in [6.07, 6.45) is 2.21. The molecule has 0 atom stereocenters. The zero-order valence-corrected chi connectivity index (χ0v) is 15.4. The first-order chi connectivity index (χ1) is 12.2. The lowest BCUT2D eigenvalue weighted by molar-refractivity contribution is -0.129. The van der Waals surface area contributed by atoms with Crippen LogP contribution < -0.4 is 9.47 Å². The summed E-state index contributed by atoms with van der Waals surface area (Å²) in [5.41, 5.74) is 1.13. The predicted molar refractivity (Wildman–Crippen MR) is 100 cm³/mol. The lowest BCUT2D eigenvalue weighted by atomic mass is 10.2. The maximum Gasteiger partial charge on any atom is 0.233 e. The van der Waals surface area contributed by atoms with E-state index in [4.69, 9.17) is 9.47 Å². The van der Waals surface area contributed by atoms with Gasteiger partial charge in [0.25, 0.3) is 0 Å². The van der Waals surface area contributed by atoms with E-state index >= 15 is 0 Å². The van der Waals surface area contributed by atoms with Crippen molar-refractivity contribution in [3.05, 3.63) is 54.1 Å². The number of carbonyl (C=O) groups is 1. The minimum absolute atomic E-state index is 0.194. The Labute approximate surface area is 153 Å². The molecule has 1 aliphatic carbocycles. The summed E-state index contributed by atoms with van der Waals surface area (Å²) in [5, 5.41) is 0. The number of hydrogen-bond donors (Lipinski definition) is 0. The van der Waals surface area contributed by atoms with Crippen molar-refractivity contribution in [2.45, 2.75) is 30.3 Å². The predicted octanol–water partition coefficient (Wildman–Crippen LogP) is 3.99. The van der Waals surface area contributed by atoms with E-state index in [2.05, 4.69) is 0 Å². The Morgan fingerprint density at radius 2 is 1.56 bits per heavy atom. The van der Waals surface area contributed by atoms with Crippen molar-refractivity contribution in [1.29, 1.82) is 0 Å². The summed E-state index contributed by atoms with van der Waals surface area (Å²) in [5.74, 6) is 2.32. The molecule has 25 heavy (non-hydrogen) atoms. The largest absolute Gasteiger partial charge is 0.497 e. The highest BCUT2D eigenvalue weighted by Crippen LogP contribution is 2.30. The molecule has 1 fully saturated rings. The third-order valence-electron chi connectivity index (χ3n) is 4.24. The van der Waals surface area contributed by atoms with E-state index < -0.39 is 0 Å². The summed E-state index contributed by atoms with van der Waals surface area (Å²) < 4.78 is 10.4. The van der Waals surface area contributed by atoms with Crippen LogP contribution in [0.2, 0.25) is 0 Å². The molecule has 5 heteroatoms. The molecule has 0 aromatic heterocycles. The number of methoxy groups -OCH3 is 2. The molecule has 4 nitrogen and oxygen atoms in total. The average molecular weight is 357 g/mol. The van der Waals surface area contributed by atoms with Gasteiger partial charge in [0.15, 0.2) is 0 Å². The summed E-state index contributed by atoms with van der Waals surface area (Å²) in [4.78, 5) is 15.8. The Bertz CT molecular complexity index is 696. The zero-order valence-electron chi connectivity index (χ0n) is 14.6. The van der Waals surface area contributed by atoms with Crippen LogP contribution in [-0.2, 0) is 11.3 Å². The monoisotopic (exact) mass is 357 g/mol. The molecule has 0 bridgehead atoms. The maximum absolute atomic E-state index is 12.7. The molecule has 0 radical (unpaired) electrons. The second kappa shape index (κ2) is 8.30. The first kappa shape index (κ1) is 17.7. The maximum atomic E-state index is 12.7. The Hall–Kier alpha value is -2.14. The smallest absolute Gasteiger partial charge is 0.233 e. The molecule has 0 aliphatic heterocycles. The van der Waals surface area contributed by atoms with Gasteiger partial charge in [-0.25, -0.2) is 0 Å². The molecule has 0 unspecified atom stereocenters. The molecule has 132 valence electrons. The van der Waals surface area contributed by atoms with Gasteiger partial charge < -0.3 is 14.4 Å². The van der Waals surface area contributed by atoms with Gasteiger partial charge in [0.05, 0.1) is 20.0 Å². The van der Waals surface area contributed by atoms with E-state index in [-0.39, 0.29) is 5.91 Å². The van der Waals surface area contributed by atoms with Crippen molar-refractivity contribution < 1.29 is 14.3 Å². The highest BCUT2D eigenvalue weighted by molar-refractivity contribution is 8.00. The normalized spacial score (nSPS) is 13.4. The minimum Gasteiger partial charge on any atom is -0.497 e. The molecule has 1 amide bonds. The molecule has 2 aromatic rings. The van der Waals surface area contributed by atoms with E-state index in [1.54, 1.807) is 26.0 Å². The van der Waals surface area contributed by atoms with E-state index in [1.165, 1.54) is 0 Å². The summed E-state index contributed by atoms with van der Waals surface area (Å²) in [6, 6.07) is 16.1. The molecule has 0 saturated heterocycles. The first-order valence-electron chi connectivity index (χ1n) is 8.39. The lowest BCUT2D eigenvalue weighted by Gasteiger charge is -2.22. The number of hydrogen-bond acceptors (Lipinski definition) is 4.